The Labute approximate surface area is 178 Å². The largest absolute Gasteiger partial charge is 0.434 e. The number of aromatic nitrogens is 6. The van der Waals surface area contributed by atoms with Crippen LogP contribution in [0.2, 0.25) is 5.02 Å². The predicted octanol–water partition coefficient (Wildman–Crippen LogP) is 4.08. The van der Waals surface area contributed by atoms with E-state index in [-0.39, 0.29) is 22.2 Å². The Balaban J connectivity index is 1.68. The fraction of sp³-hybridized carbons (Fsp3) is 0.105. The maximum atomic E-state index is 13.8. The van der Waals surface area contributed by atoms with Gasteiger partial charge in [-0.1, -0.05) is 29.8 Å². The highest BCUT2D eigenvalue weighted by molar-refractivity contribution is 6.32. The third-order valence-electron chi connectivity index (χ3n) is 4.31. The zero-order chi connectivity index (χ0) is 22.2. The lowest BCUT2D eigenvalue weighted by Gasteiger charge is -2.14. The molecule has 0 spiro atoms. The average Bonchev–Trinajstić information content (AvgIpc) is 3.38. The minimum Gasteiger partial charge on any atom is -0.320 e. The molecule has 0 aliphatic rings. The SMILES string of the molecule is Cc1ccccc1-n1ncc(C(=O)Nc2cnc(-n3nccn3)c(Cl)c2)c1C(F)(F)F. The van der Waals surface area contributed by atoms with Crippen molar-refractivity contribution in [3.8, 4) is 11.5 Å². The minimum absolute atomic E-state index is 0.0978. The highest BCUT2D eigenvalue weighted by atomic mass is 35.5. The first-order valence-corrected chi connectivity index (χ1v) is 9.18. The summed E-state index contributed by atoms with van der Waals surface area (Å²) in [5.41, 5.74) is -0.931. The Hall–Kier alpha value is -3.73. The van der Waals surface area contributed by atoms with Crippen LogP contribution < -0.4 is 5.32 Å². The zero-order valence-corrected chi connectivity index (χ0v) is 16.6. The van der Waals surface area contributed by atoms with Crippen molar-refractivity contribution in [1.82, 2.24) is 29.8 Å². The minimum atomic E-state index is -4.82. The van der Waals surface area contributed by atoms with E-state index in [0.29, 0.717) is 10.2 Å². The Bertz CT molecular complexity index is 1250. The van der Waals surface area contributed by atoms with Gasteiger partial charge < -0.3 is 5.32 Å². The molecule has 158 valence electrons. The molecule has 4 rings (SSSR count). The van der Waals surface area contributed by atoms with Crippen molar-refractivity contribution in [2.24, 2.45) is 0 Å². The number of hydrogen-bond acceptors (Lipinski definition) is 5. The second-order valence-corrected chi connectivity index (χ2v) is 6.81. The summed E-state index contributed by atoms with van der Waals surface area (Å²) in [5.74, 6) is -0.803. The molecule has 3 aromatic heterocycles. The van der Waals surface area contributed by atoms with Crippen LogP contribution in [0.4, 0.5) is 18.9 Å². The maximum Gasteiger partial charge on any atom is 0.434 e. The molecule has 4 aromatic rings. The zero-order valence-electron chi connectivity index (χ0n) is 15.8. The smallest absolute Gasteiger partial charge is 0.320 e. The topological polar surface area (TPSA) is 90.5 Å². The number of alkyl halides is 3. The first kappa shape index (κ1) is 20.5. The van der Waals surface area contributed by atoms with E-state index in [1.165, 1.54) is 35.5 Å². The van der Waals surface area contributed by atoms with E-state index in [2.05, 4.69) is 25.6 Å². The Morgan fingerprint density at radius 1 is 1.10 bits per heavy atom. The number of pyridine rings is 1. The number of benzene rings is 1. The molecule has 0 aliphatic carbocycles. The molecule has 0 fully saturated rings. The van der Waals surface area contributed by atoms with Crippen LogP contribution in [0.1, 0.15) is 21.6 Å². The van der Waals surface area contributed by atoms with Gasteiger partial charge in [-0.2, -0.15) is 28.5 Å². The van der Waals surface area contributed by atoms with Crippen LogP contribution in [0, 0.1) is 6.92 Å². The van der Waals surface area contributed by atoms with E-state index in [4.69, 9.17) is 11.6 Å². The normalized spacial score (nSPS) is 11.5. The van der Waals surface area contributed by atoms with Crippen LogP contribution in [-0.4, -0.2) is 35.7 Å². The molecule has 12 heteroatoms. The van der Waals surface area contributed by atoms with Crippen molar-refractivity contribution < 1.29 is 18.0 Å². The second kappa shape index (κ2) is 7.84. The lowest BCUT2D eigenvalue weighted by molar-refractivity contribution is -0.143. The van der Waals surface area contributed by atoms with Crippen LogP contribution in [0.25, 0.3) is 11.5 Å². The molecule has 0 saturated carbocycles. The predicted molar refractivity (Wildman–Crippen MR) is 105 cm³/mol. The van der Waals surface area contributed by atoms with E-state index in [0.717, 1.165) is 6.20 Å². The van der Waals surface area contributed by atoms with Gasteiger partial charge in [-0.05, 0) is 24.6 Å². The molecule has 1 aromatic carbocycles. The highest BCUT2D eigenvalue weighted by Crippen LogP contribution is 2.34. The summed E-state index contributed by atoms with van der Waals surface area (Å²) in [4.78, 5) is 17.9. The number of halogens is 4. The molecule has 1 amide bonds. The van der Waals surface area contributed by atoms with Gasteiger partial charge in [-0.3, -0.25) is 4.79 Å². The number of carbonyl (C=O) groups is 1. The van der Waals surface area contributed by atoms with E-state index < -0.39 is 23.3 Å². The monoisotopic (exact) mass is 447 g/mol. The van der Waals surface area contributed by atoms with Gasteiger partial charge in [0.25, 0.3) is 5.91 Å². The van der Waals surface area contributed by atoms with Crippen LogP contribution in [0.5, 0.6) is 0 Å². The van der Waals surface area contributed by atoms with Crippen molar-refractivity contribution in [2.45, 2.75) is 13.1 Å². The van der Waals surface area contributed by atoms with Gasteiger partial charge in [0.05, 0.1) is 46.7 Å². The van der Waals surface area contributed by atoms with E-state index in [1.807, 2.05) is 0 Å². The Kier molecular flexibility index (Phi) is 5.19. The van der Waals surface area contributed by atoms with Crippen molar-refractivity contribution in [3.05, 3.63) is 77.0 Å². The van der Waals surface area contributed by atoms with Crippen LogP contribution >= 0.6 is 11.6 Å². The van der Waals surface area contributed by atoms with Gasteiger partial charge in [0, 0.05) is 0 Å². The number of carbonyl (C=O) groups excluding carboxylic acids is 1. The van der Waals surface area contributed by atoms with Crippen LogP contribution in [0.3, 0.4) is 0 Å². The maximum absolute atomic E-state index is 13.8. The van der Waals surface area contributed by atoms with Gasteiger partial charge in [0.1, 0.15) is 0 Å². The van der Waals surface area contributed by atoms with Crippen molar-refractivity contribution >= 4 is 23.2 Å². The third kappa shape index (κ3) is 3.99. The molecule has 1 N–H and O–H groups in total. The number of rotatable bonds is 4. The highest BCUT2D eigenvalue weighted by Gasteiger charge is 2.40. The first-order valence-electron chi connectivity index (χ1n) is 8.80. The molecular formula is C19H13ClF3N7O. The number of hydrogen-bond donors (Lipinski definition) is 1. The van der Waals surface area contributed by atoms with E-state index >= 15 is 0 Å². The summed E-state index contributed by atoms with van der Waals surface area (Å²) >= 11 is 6.14. The number of anilines is 1. The van der Waals surface area contributed by atoms with Gasteiger partial charge in [0.15, 0.2) is 11.5 Å². The Morgan fingerprint density at radius 2 is 1.81 bits per heavy atom. The van der Waals surface area contributed by atoms with Crippen LogP contribution in [0.15, 0.2) is 55.1 Å². The van der Waals surface area contributed by atoms with Crippen molar-refractivity contribution in [3.63, 3.8) is 0 Å². The summed E-state index contributed by atoms with van der Waals surface area (Å²) in [6.45, 7) is 1.65. The fourth-order valence-corrected chi connectivity index (χ4v) is 3.18. The second-order valence-electron chi connectivity index (χ2n) is 6.40. The lowest BCUT2D eigenvalue weighted by Crippen LogP contribution is -2.21. The molecular weight excluding hydrogens is 435 g/mol. The molecule has 0 radical (unpaired) electrons. The Morgan fingerprint density at radius 3 is 2.45 bits per heavy atom. The molecule has 31 heavy (non-hydrogen) atoms. The molecule has 0 atom stereocenters. The van der Waals surface area contributed by atoms with Crippen LogP contribution in [-0.2, 0) is 6.18 Å². The summed E-state index contributed by atoms with van der Waals surface area (Å²) < 4.78 is 42.2. The van der Waals surface area contributed by atoms with Crippen molar-refractivity contribution in [1.29, 1.82) is 0 Å². The van der Waals surface area contributed by atoms with Gasteiger partial charge >= 0.3 is 6.18 Å². The van der Waals surface area contributed by atoms with Gasteiger partial charge in [0.2, 0.25) is 0 Å². The fourth-order valence-electron chi connectivity index (χ4n) is 2.94. The summed E-state index contributed by atoms with van der Waals surface area (Å²) in [6, 6.07) is 7.77. The number of para-hydroxylation sites is 1. The van der Waals surface area contributed by atoms with E-state index in [9.17, 15) is 18.0 Å². The van der Waals surface area contributed by atoms with Crippen molar-refractivity contribution in [2.75, 3.05) is 5.32 Å². The molecule has 0 saturated heterocycles. The van der Waals surface area contributed by atoms with Gasteiger partial charge in [-0.25, -0.2) is 9.67 Å². The average molecular weight is 448 g/mol. The third-order valence-corrected chi connectivity index (χ3v) is 4.59. The quantitative estimate of drug-likeness (QED) is 0.509. The van der Waals surface area contributed by atoms with E-state index in [1.54, 1.807) is 25.1 Å². The lowest BCUT2D eigenvalue weighted by atomic mass is 10.1. The van der Waals surface area contributed by atoms with Gasteiger partial charge in [-0.15, -0.1) is 4.80 Å². The summed E-state index contributed by atoms with van der Waals surface area (Å²) in [7, 11) is 0. The molecule has 3 heterocycles. The molecule has 0 aliphatic heterocycles. The number of nitrogens with one attached hydrogen (secondary N) is 1. The number of nitrogens with zero attached hydrogens (tertiary/aromatic N) is 6. The summed E-state index contributed by atoms with van der Waals surface area (Å²) in [5, 5.41) is 14.1. The molecule has 8 nitrogen and oxygen atoms in total. The summed E-state index contributed by atoms with van der Waals surface area (Å²) in [6.07, 6.45) is 0.150. The number of aryl methyl sites for hydroxylation is 1. The molecule has 0 unspecified atom stereocenters. The standard InChI is InChI=1S/C19H13ClF3N7O/c1-11-4-2-3-5-15(11)29-16(19(21,22)23)13(10-27-29)18(31)28-12-8-14(20)17(24-9-12)30-25-6-7-26-30/h2-10H,1H3,(H,28,31). The number of amides is 1. The first-order chi connectivity index (χ1) is 14.8. The molecule has 0 bridgehead atoms.